The van der Waals surface area contributed by atoms with Gasteiger partial charge < -0.3 is 15.7 Å². The minimum Gasteiger partial charge on any atom is -0.388 e. The van der Waals surface area contributed by atoms with E-state index in [2.05, 4.69) is 10.6 Å². The Morgan fingerprint density at radius 1 is 1.24 bits per heavy atom. The van der Waals surface area contributed by atoms with Crippen molar-refractivity contribution in [2.75, 3.05) is 11.9 Å². The number of rotatable bonds is 4. The molecule has 0 aromatic heterocycles. The van der Waals surface area contributed by atoms with E-state index in [1.807, 2.05) is 39.8 Å². The van der Waals surface area contributed by atoms with Gasteiger partial charge in [0.15, 0.2) is 0 Å². The lowest BCUT2D eigenvalue weighted by molar-refractivity contribution is -0.137. The van der Waals surface area contributed by atoms with Crippen molar-refractivity contribution < 1.29 is 14.7 Å². The molecule has 0 saturated carbocycles. The first-order valence-electron chi connectivity index (χ1n) is 7.03. The van der Waals surface area contributed by atoms with Gasteiger partial charge >= 0.3 is 11.8 Å². The Morgan fingerprint density at radius 3 is 2.43 bits per heavy atom. The molecular weight excluding hydrogens is 268 g/mol. The summed E-state index contributed by atoms with van der Waals surface area (Å²) in [5.41, 5.74) is 1.53. The topological polar surface area (TPSA) is 78.4 Å². The van der Waals surface area contributed by atoms with Gasteiger partial charge in [0.1, 0.15) is 0 Å². The van der Waals surface area contributed by atoms with Gasteiger partial charge in [0.25, 0.3) is 0 Å². The first-order chi connectivity index (χ1) is 9.65. The van der Waals surface area contributed by atoms with E-state index >= 15 is 0 Å². The number of nitrogens with one attached hydrogen (secondary N) is 2. The smallest absolute Gasteiger partial charge is 0.313 e. The zero-order chi connectivity index (χ0) is 16.2. The molecule has 0 aliphatic heterocycles. The molecule has 0 aliphatic carbocycles. The lowest BCUT2D eigenvalue weighted by atomic mass is 9.92. The van der Waals surface area contributed by atoms with Gasteiger partial charge in [-0.25, -0.2) is 0 Å². The fourth-order valence-electron chi connectivity index (χ4n) is 1.61. The summed E-state index contributed by atoms with van der Waals surface area (Å²) < 4.78 is 0. The molecule has 0 heterocycles. The van der Waals surface area contributed by atoms with Crippen molar-refractivity contribution >= 4 is 17.5 Å². The Hall–Kier alpha value is -1.88. The highest BCUT2D eigenvalue weighted by Crippen LogP contribution is 2.18. The Labute approximate surface area is 125 Å². The minimum atomic E-state index is -1.05. The molecule has 3 N–H and O–H groups in total. The summed E-state index contributed by atoms with van der Waals surface area (Å²) in [5.74, 6) is -1.51. The van der Waals surface area contributed by atoms with Gasteiger partial charge in [-0.3, -0.25) is 9.59 Å². The van der Waals surface area contributed by atoms with Gasteiger partial charge in [-0.15, -0.1) is 0 Å². The van der Waals surface area contributed by atoms with Crippen LogP contribution in [0.1, 0.15) is 31.9 Å². The van der Waals surface area contributed by atoms with E-state index in [9.17, 15) is 14.7 Å². The number of hydrogen-bond acceptors (Lipinski definition) is 3. The molecule has 0 fully saturated rings. The molecule has 21 heavy (non-hydrogen) atoms. The van der Waals surface area contributed by atoms with Crippen LogP contribution < -0.4 is 10.6 Å². The van der Waals surface area contributed by atoms with Gasteiger partial charge in [-0.1, -0.05) is 26.0 Å². The maximum atomic E-state index is 11.9. The molecule has 5 nitrogen and oxygen atoms in total. The molecule has 1 rings (SSSR count). The van der Waals surface area contributed by atoms with Crippen molar-refractivity contribution in [3.8, 4) is 0 Å². The predicted molar refractivity (Wildman–Crippen MR) is 83.0 cm³/mol. The largest absolute Gasteiger partial charge is 0.388 e. The van der Waals surface area contributed by atoms with E-state index in [-0.39, 0.29) is 12.5 Å². The van der Waals surface area contributed by atoms with Crippen LogP contribution in [0.4, 0.5) is 5.69 Å². The van der Waals surface area contributed by atoms with E-state index in [1.165, 1.54) is 0 Å². The number of amides is 2. The first kappa shape index (κ1) is 17.2. The van der Waals surface area contributed by atoms with Gasteiger partial charge in [0.2, 0.25) is 0 Å². The standard InChI is InChI=1S/C16H24N2O3/c1-10(2)16(5,21)9-17-14(19)15(20)18-13-8-6-7-11(3)12(13)4/h6-8,10,21H,9H2,1-5H3,(H,17,19)(H,18,20). The summed E-state index contributed by atoms with van der Waals surface area (Å²) in [6, 6.07) is 5.50. The fraction of sp³-hybridized carbons (Fsp3) is 0.500. The molecule has 0 radical (unpaired) electrons. The van der Waals surface area contributed by atoms with Crippen molar-refractivity contribution in [2.45, 2.75) is 40.2 Å². The Balaban J connectivity index is 2.64. The third-order valence-electron chi connectivity index (χ3n) is 3.91. The monoisotopic (exact) mass is 292 g/mol. The highest BCUT2D eigenvalue weighted by Gasteiger charge is 2.26. The predicted octanol–water partition coefficient (Wildman–Crippen LogP) is 1.77. The zero-order valence-electron chi connectivity index (χ0n) is 13.3. The molecule has 116 valence electrons. The van der Waals surface area contributed by atoms with Crippen LogP contribution in [0.3, 0.4) is 0 Å². The lowest BCUT2D eigenvalue weighted by Gasteiger charge is -2.27. The molecular formula is C16H24N2O3. The molecule has 1 unspecified atom stereocenters. The average Bonchev–Trinajstić information content (AvgIpc) is 2.41. The molecule has 1 aromatic rings. The number of aliphatic hydroxyl groups is 1. The van der Waals surface area contributed by atoms with E-state index < -0.39 is 17.4 Å². The van der Waals surface area contributed by atoms with Crippen molar-refractivity contribution in [2.24, 2.45) is 5.92 Å². The average molecular weight is 292 g/mol. The van der Waals surface area contributed by atoms with Crippen molar-refractivity contribution in [1.82, 2.24) is 5.32 Å². The number of aryl methyl sites for hydroxylation is 1. The maximum absolute atomic E-state index is 11.9. The number of carbonyl (C=O) groups is 2. The number of benzene rings is 1. The summed E-state index contributed by atoms with van der Waals surface area (Å²) in [7, 11) is 0. The Bertz CT molecular complexity index is 536. The van der Waals surface area contributed by atoms with Crippen LogP contribution >= 0.6 is 0 Å². The Kier molecular flexibility index (Phi) is 5.49. The van der Waals surface area contributed by atoms with Crippen molar-refractivity contribution in [1.29, 1.82) is 0 Å². The second kappa shape index (κ2) is 6.72. The second-order valence-corrected chi connectivity index (χ2v) is 5.90. The Morgan fingerprint density at radius 2 is 1.86 bits per heavy atom. The number of hydrogen-bond donors (Lipinski definition) is 3. The highest BCUT2D eigenvalue weighted by atomic mass is 16.3. The van der Waals surface area contributed by atoms with Gasteiger partial charge in [0.05, 0.1) is 5.60 Å². The van der Waals surface area contributed by atoms with Crippen LogP contribution in [0, 0.1) is 19.8 Å². The first-order valence-corrected chi connectivity index (χ1v) is 7.03. The van der Waals surface area contributed by atoms with Crippen LogP contribution in [0.25, 0.3) is 0 Å². The molecule has 1 atom stereocenters. The van der Waals surface area contributed by atoms with Gasteiger partial charge in [0, 0.05) is 12.2 Å². The van der Waals surface area contributed by atoms with E-state index in [1.54, 1.807) is 13.0 Å². The van der Waals surface area contributed by atoms with Gasteiger partial charge in [-0.2, -0.15) is 0 Å². The maximum Gasteiger partial charge on any atom is 0.313 e. The van der Waals surface area contributed by atoms with Crippen LogP contribution in [0.15, 0.2) is 18.2 Å². The zero-order valence-corrected chi connectivity index (χ0v) is 13.3. The van der Waals surface area contributed by atoms with Crippen LogP contribution in [-0.4, -0.2) is 29.1 Å². The third-order valence-corrected chi connectivity index (χ3v) is 3.91. The van der Waals surface area contributed by atoms with Crippen molar-refractivity contribution in [3.05, 3.63) is 29.3 Å². The fourth-order valence-corrected chi connectivity index (χ4v) is 1.61. The molecule has 0 saturated heterocycles. The van der Waals surface area contributed by atoms with Crippen LogP contribution in [0.5, 0.6) is 0 Å². The molecule has 0 spiro atoms. The quantitative estimate of drug-likeness (QED) is 0.740. The summed E-state index contributed by atoms with van der Waals surface area (Å²) >= 11 is 0. The summed E-state index contributed by atoms with van der Waals surface area (Å²) in [4.78, 5) is 23.6. The minimum absolute atomic E-state index is 0.0279. The van der Waals surface area contributed by atoms with Crippen LogP contribution in [-0.2, 0) is 9.59 Å². The van der Waals surface area contributed by atoms with Gasteiger partial charge in [-0.05, 0) is 43.9 Å². The number of carbonyl (C=O) groups excluding carboxylic acids is 2. The second-order valence-electron chi connectivity index (χ2n) is 5.90. The van der Waals surface area contributed by atoms with E-state index in [0.717, 1.165) is 11.1 Å². The molecule has 0 aliphatic rings. The van der Waals surface area contributed by atoms with Crippen LogP contribution in [0.2, 0.25) is 0 Å². The molecule has 1 aromatic carbocycles. The van der Waals surface area contributed by atoms with E-state index in [4.69, 9.17) is 0 Å². The lowest BCUT2D eigenvalue weighted by Crippen LogP contribution is -2.47. The molecule has 2 amide bonds. The SMILES string of the molecule is Cc1cccc(NC(=O)C(=O)NCC(C)(O)C(C)C)c1C. The summed E-state index contributed by atoms with van der Waals surface area (Å²) in [6.45, 7) is 9.17. The normalized spacial score (nSPS) is 13.7. The summed E-state index contributed by atoms with van der Waals surface area (Å²) in [6.07, 6.45) is 0. The van der Waals surface area contributed by atoms with E-state index in [0.29, 0.717) is 5.69 Å². The summed E-state index contributed by atoms with van der Waals surface area (Å²) in [5, 5.41) is 15.1. The van der Waals surface area contributed by atoms with Crippen molar-refractivity contribution in [3.63, 3.8) is 0 Å². The molecule has 0 bridgehead atoms. The number of anilines is 1. The highest BCUT2D eigenvalue weighted by molar-refractivity contribution is 6.39. The third kappa shape index (κ3) is 4.56. The molecule has 5 heteroatoms.